The Morgan fingerprint density at radius 3 is 0.818 bits per heavy atom. The maximum absolute atomic E-state index is 6.82. The smallest absolute Gasteiger partial charge is 0.399 e. The molecule has 0 spiro atoms. The summed E-state index contributed by atoms with van der Waals surface area (Å²) in [4.78, 5) is 0. The van der Waals surface area contributed by atoms with E-state index in [9.17, 15) is 0 Å². The molecule has 4 heterocycles. The van der Waals surface area contributed by atoms with Crippen molar-refractivity contribution in [2.75, 3.05) is 5.73 Å². The van der Waals surface area contributed by atoms with Crippen LogP contribution in [0.1, 0.15) is 479 Å². The summed E-state index contributed by atoms with van der Waals surface area (Å²) in [5.74, 6) is 0. The molecule has 4 fully saturated rings. The van der Waals surface area contributed by atoms with Crippen molar-refractivity contribution in [3.8, 4) is 33.4 Å². The number of aryl methyl sites for hydroxylation is 2. The van der Waals surface area contributed by atoms with Gasteiger partial charge in [-0.05, 0) is 325 Å². The number of hydrogen-bond donors (Lipinski definition) is 1. The zero-order chi connectivity index (χ0) is 95.4. The van der Waals surface area contributed by atoms with Crippen LogP contribution in [0.2, 0.25) is 0 Å². The minimum atomic E-state index is -0.389. The largest absolute Gasteiger partial charge is 0.495 e. The highest BCUT2D eigenvalue weighted by Crippen LogP contribution is 2.62. The van der Waals surface area contributed by atoms with Crippen molar-refractivity contribution < 1.29 is 37.2 Å². The second-order valence-electron chi connectivity index (χ2n) is 45.5. The Labute approximate surface area is 808 Å². The van der Waals surface area contributed by atoms with E-state index in [1.54, 1.807) is 16.7 Å². The summed E-state index contributed by atoms with van der Waals surface area (Å²) in [5, 5.41) is 0. The predicted octanol–water partition coefficient (Wildman–Crippen LogP) is 31.4. The molecule has 7 aliphatic rings. The molecule has 13 rings (SSSR count). The third kappa shape index (κ3) is 24.5. The Hall–Kier alpha value is -5.46. The second-order valence-corrected chi connectivity index (χ2v) is 45.5. The van der Waals surface area contributed by atoms with Gasteiger partial charge in [0.25, 0.3) is 0 Å². The molecule has 0 saturated carbocycles. The van der Waals surface area contributed by atoms with Gasteiger partial charge in [-0.25, -0.2) is 0 Å². The summed E-state index contributed by atoms with van der Waals surface area (Å²) >= 11 is 0. The van der Waals surface area contributed by atoms with Crippen LogP contribution in [0.5, 0.6) is 0 Å². The Morgan fingerprint density at radius 1 is 0.250 bits per heavy atom. The predicted molar refractivity (Wildman–Crippen MR) is 570 cm³/mol. The summed E-state index contributed by atoms with van der Waals surface area (Å²) in [7, 11) is -1.53. The molecule has 0 bridgehead atoms. The zero-order valence-corrected chi connectivity index (χ0v) is 88.1. The summed E-state index contributed by atoms with van der Waals surface area (Å²) in [6.45, 7) is 56.2. The van der Waals surface area contributed by atoms with Crippen molar-refractivity contribution in [3.05, 3.63) is 173 Å². The highest BCUT2D eigenvalue weighted by Gasteiger charge is 2.58. The lowest BCUT2D eigenvalue weighted by molar-refractivity contribution is 0.00578. The minimum Gasteiger partial charge on any atom is -0.399 e. The van der Waals surface area contributed by atoms with Crippen LogP contribution in [0.25, 0.3) is 33.4 Å². The van der Waals surface area contributed by atoms with Crippen LogP contribution >= 0.6 is 0 Å². The number of nitrogen functional groups attached to an aromatic ring is 1. The highest BCUT2D eigenvalue weighted by atomic mass is 16.7. The quantitative estimate of drug-likeness (QED) is 0.0173. The van der Waals surface area contributed by atoms with Gasteiger partial charge in [0.2, 0.25) is 0 Å². The molecule has 0 atom stereocenters. The number of hydrogen-bond acceptors (Lipinski definition) is 9. The van der Waals surface area contributed by atoms with E-state index in [-0.39, 0.29) is 89.5 Å². The van der Waals surface area contributed by atoms with Gasteiger partial charge in [-0.2, -0.15) is 0 Å². The molecule has 6 aromatic rings. The van der Waals surface area contributed by atoms with Gasteiger partial charge in [0, 0.05) is 21.9 Å². The Kier molecular flexibility index (Phi) is 38.5. The Balaban J connectivity index is 0.000000223. The van der Waals surface area contributed by atoms with Gasteiger partial charge in [-0.1, -0.05) is 338 Å². The topological polar surface area (TPSA) is 99.9 Å². The van der Waals surface area contributed by atoms with Gasteiger partial charge in [-0.3, -0.25) is 0 Å². The van der Waals surface area contributed by atoms with Crippen LogP contribution in [0.4, 0.5) is 5.69 Å². The third-order valence-corrected chi connectivity index (χ3v) is 33.6. The zero-order valence-electron chi connectivity index (χ0n) is 88.1. The van der Waals surface area contributed by atoms with Crippen molar-refractivity contribution in [2.45, 2.75) is 509 Å². The average Bonchev–Trinajstić information content (AvgIpc) is 1.52. The van der Waals surface area contributed by atoms with Crippen molar-refractivity contribution in [1.29, 1.82) is 0 Å². The van der Waals surface area contributed by atoms with E-state index in [1.807, 2.05) is 12.2 Å². The van der Waals surface area contributed by atoms with Crippen LogP contribution in [-0.2, 0) is 66.3 Å². The molecule has 9 nitrogen and oxygen atoms in total. The first kappa shape index (κ1) is 107. The molecule has 13 heteroatoms. The van der Waals surface area contributed by atoms with Gasteiger partial charge >= 0.3 is 28.5 Å². The lowest BCUT2D eigenvalue weighted by Crippen LogP contribution is -2.43. The number of nitrogens with two attached hydrogens (primary N) is 1. The third-order valence-electron chi connectivity index (χ3n) is 33.6. The minimum absolute atomic E-state index is 0.0680. The lowest BCUT2D eigenvalue weighted by Gasteiger charge is -2.35. The Bertz CT molecular complexity index is 4330. The molecule has 4 saturated heterocycles. The van der Waals surface area contributed by atoms with Gasteiger partial charge in [0.1, 0.15) is 0 Å². The van der Waals surface area contributed by atoms with Crippen LogP contribution < -0.4 is 27.6 Å². The molecule has 6 aromatic carbocycles. The number of benzene rings is 6. The van der Waals surface area contributed by atoms with E-state index in [0.717, 1.165) is 68.0 Å². The van der Waals surface area contributed by atoms with Crippen molar-refractivity contribution in [3.63, 3.8) is 0 Å². The van der Waals surface area contributed by atoms with Crippen molar-refractivity contribution >= 4 is 56.0 Å². The molecular weight excluding hydrogens is 1610 g/mol. The fraction of sp³-hybridized carbons (Fsp3) is 0.664. The van der Waals surface area contributed by atoms with Crippen LogP contribution in [0, 0.1) is 0 Å². The van der Waals surface area contributed by atoms with E-state index < -0.39 is 0 Å². The Morgan fingerprint density at radius 2 is 0.500 bits per heavy atom. The summed E-state index contributed by atoms with van der Waals surface area (Å²) in [5.41, 5.74) is 29.3. The number of rotatable bonds is 52. The molecule has 0 radical (unpaired) electrons. The van der Waals surface area contributed by atoms with Gasteiger partial charge < -0.3 is 43.0 Å². The second kappa shape index (κ2) is 47.5. The SMILES string of the molecule is C=CCCCCc1cc(B2OC(C)(C)C(C)(C)O2)c(CCCCC=C)cc1B1OC(C)(C)C(C)(C)O1.CCCCCCC1(CCCCCC)c2ccccc2-c2ccc(N)cc21.CCCCCCCCC1(CCCCCCCC)c2cc(B3OC(C)(C)C(C)(C)O3)ccc2-c2cc3c(cc21)-c1ccc(B2OC(C)(C)C(C)(C)O2)cc1C3(CCCCCCCC)CCCCCCCC. The lowest BCUT2D eigenvalue weighted by atomic mass is 9.67. The molecular formula is C119H183B4NO8. The summed E-state index contributed by atoms with van der Waals surface area (Å²) in [6, 6.07) is 40.7. The van der Waals surface area contributed by atoms with Crippen molar-refractivity contribution in [2.24, 2.45) is 0 Å². The standard InChI is InChI=1S/C64H100B2O4.C30H48B2O4.C25H35N/c1-13-17-21-25-29-33-41-63(42-34-30-26-22-18-14-2)55-45-49(65-67-59(5,6)60(7,8)68-65)37-39-51(55)53-48-58-54(47-57(53)63)52-40-38-50(66-69-61(9,10)62(11,12)70-66)46-56(52)64(58,43-35-31-27-23-19-15-3)44-36-32-28-24-20-16-4;1-11-13-15-17-19-23-21-26(32-35-29(7,8)30(9,10)36-32)24(20-18-16-14-12-2)22-25(23)31-33-27(3,4)28(5,6)34-31;1-3-5-7-11-17-25(18-12-8-6-4-2)23-14-10-9-13-21(23)22-16-15-20(26)19-24(22)25/h37-40,45-48H,13-36,41-44H2,1-12H3;11-12,21-22H,1-2,13-20H2,3-10H3;9-10,13-16,19H,3-8,11-12,17-18,26H2,1-2H3. The van der Waals surface area contributed by atoms with E-state index >= 15 is 0 Å². The number of anilines is 1. The van der Waals surface area contributed by atoms with Crippen LogP contribution in [0.15, 0.2) is 128 Å². The molecule has 0 unspecified atom stereocenters. The molecule has 3 aliphatic carbocycles. The first-order valence-electron chi connectivity index (χ1n) is 54.3. The molecule has 4 aliphatic heterocycles. The van der Waals surface area contributed by atoms with Crippen LogP contribution in [0.3, 0.4) is 0 Å². The van der Waals surface area contributed by atoms with Crippen LogP contribution in [-0.4, -0.2) is 73.3 Å². The fourth-order valence-corrected chi connectivity index (χ4v) is 22.5. The molecule has 724 valence electrons. The maximum Gasteiger partial charge on any atom is 0.495 e. The normalized spacial score (nSPS) is 19.0. The molecule has 0 amide bonds. The van der Waals surface area contributed by atoms with E-state index in [2.05, 4.69) is 269 Å². The highest BCUT2D eigenvalue weighted by molar-refractivity contribution is 6.65. The van der Waals surface area contributed by atoms with E-state index in [0.29, 0.717) is 0 Å². The fourth-order valence-electron chi connectivity index (χ4n) is 22.5. The van der Waals surface area contributed by atoms with Gasteiger partial charge in [-0.15, -0.1) is 13.2 Å². The molecule has 132 heavy (non-hydrogen) atoms. The van der Waals surface area contributed by atoms with E-state index in [1.165, 1.54) is 316 Å². The summed E-state index contributed by atoms with van der Waals surface area (Å²) in [6.07, 6.45) is 61.6. The van der Waals surface area contributed by atoms with E-state index in [4.69, 9.17) is 43.0 Å². The number of unbranched alkanes of at least 4 members (excludes halogenated alkanes) is 30. The first-order valence-corrected chi connectivity index (χ1v) is 54.3. The maximum atomic E-state index is 6.82. The average molecular weight is 1800 g/mol. The molecule has 0 aromatic heterocycles. The van der Waals surface area contributed by atoms with Crippen molar-refractivity contribution in [1.82, 2.24) is 0 Å². The number of allylic oxidation sites excluding steroid dienone is 2. The van der Waals surface area contributed by atoms with Gasteiger partial charge in [0.15, 0.2) is 0 Å². The first-order chi connectivity index (χ1) is 63.0. The van der Waals surface area contributed by atoms with Gasteiger partial charge in [0.05, 0.1) is 44.8 Å². The summed E-state index contributed by atoms with van der Waals surface area (Å²) < 4.78 is 53.4. The molecule has 2 N–H and O–H groups in total. The number of fused-ring (bicyclic) bond motifs is 9. The monoisotopic (exact) mass is 1800 g/mol.